The molecule has 2 rings (SSSR count). The standard InChI is InChI=1S/C13H16ClNO/c1-9-7-15-8-12(9)13(16)6-10-3-2-4-11(14)5-10/h2-5,9,12,15H,6-8H2,1H3. The molecule has 2 unspecified atom stereocenters. The van der Waals surface area contributed by atoms with Crippen molar-refractivity contribution in [2.75, 3.05) is 13.1 Å². The average Bonchev–Trinajstić information content (AvgIpc) is 2.64. The number of carbonyl (C=O) groups is 1. The Labute approximate surface area is 101 Å². The zero-order chi connectivity index (χ0) is 11.5. The number of rotatable bonds is 3. The highest BCUT2D eigenvalue weighted by molar-refractivity contribution is 6.30. The van der Waals surface area contributed by atoms with Gasteiger partial charge in [0.05, 0.1) is 0 Å². The second-order valence-corrected chi connectivity index (χ2v) is 4.95. The first-order valence-electron chi connectivity index (χ1n) is 5.64. The molecule has 1 heterocycles. The lowest BCUT2D eigenvalue weighted by molar-refractivity contribution is -0.122. The summed E-state index contributed by atoms with van der Waals surface area (Å²) < 4.78 is 0. The van der Waals surface area contributed by atoms with Crippen LogP contribution >= 0.6 is 11.6 Å². The summed E-state index contributed by atoms with van der Waals surface area (Å²) in [5, 5.41) is 3.95. The van der Waals surface area contributed by atoms with Gasteiger partial charge in [0.2, 0.25) is 0 Å². The van der Waals surface area contributed by atoms with Crippen molar-refractivity contribution in [3.63, 3.8) is 0 Å². The van der Waals surface area contributed by atoms with E-state index in [1.807, 2.05) is 24.3 Å². The zero-order valence-corrected chi connectivity index (χ0v) is 10.1. The van der Waals surface area contributed by atoms with E-state index in [2.05, 4.69) is 12.2 Å². The average molecular weight is 238 g/mol. The Morgan fingerprint density at radius 2 is 2.31 bits per heavy atom. The number of hydrogen-bond donors (Lipinski definition) is 1. The van der Waals surface area contributed by atoms with Gasteiger partial charge in [-0.2, -0.15) is 0 Å². The van der Waals surface area contributed by atoms with Gasteiger partial charge in [0, 0.05) is 23.9 Å². The molecule has 1 N–H and O–H groups in total. The number of nitrogens with one attached hydrogen (secondary N) is 1. The summed E-state index contributed by atoms with van der Waals surface area (Å²) in [5.41, 5.74) is 1.01. The van der Waals surface area contributed by atoms with Crippen LogP contribution in [0.25, 0.3) is 0 Å². The molecule has 1 aromatic rings. The fourth-order valence-electron chi connectivity index (χ4n) is 2.22. The lowest BCUT2D eigenvalue weighted by Crippen LogP contribution is -2.23. The minimum atomic E-state index is 0.166. The fourth-order valence-corrected chi connectivity index (χ4v) is 2.43. The van der Waals surface area contributed by atoms with Crippen molar-refractivity contribution in [1.82, 2.24) is 5.32 Å². The number of benzene rings is 1. The molecule has 0 bridgehead atoms. The number of carbonyl (C=O) groups excluding carboxylic acids is 1. The van der Waals surface area contributed by atoms with Crippen molar-refractivity contribution < 1.29 is 4.79 Å². The van der Waals surface area contributed by atoms with E-state index in [0.29, 0.717) is 23.1 Å². The summed E-state index contributed by atoms with van der Waals surface area (Å²) in [4.78, 5) is 12.1. The molecule has 1 aromatic carbocycles. The SMILES string of the molecule is CC1CNCC1C(=O)Cc1cccc(Cl)c1. The van der Waals surface area contributed by atoms with Crippen molar-refractivity contribution in [3.8, 4) is 0 Å². The minimum absolute atomic E-state index is 0.166. The van der Waals surface area contributed by atoms with E-state index in [-0.39, 0.29) is 5.92 Å². The van der Waals surface area contributed by atoms with Crippen LogP contribution in [-0.4, -0.2) is 18.9 Å². The Kier molecular flexibility index (Phi) is 3.62. The number of hydrogen-bond acceptors (Lipinski definition) is 2. The van der Waals surface area contributed by atoms with Crippen LogP contribution < -0.4 is 5.32 Å². The van der Waals surface area contributed by atoms with E-state index in [1.165, 1.54) is 0 Å². The summed E-state index contributed by atoms with van der Waals surface area (Å²) in [6, 6.07) is 7.54. The minimum Gasteiger partial charge on any atom is -0.316 e. The Hall–Kier alpha value is -0.860. The van der Waals surface area contributed by atoms with Gasteiger partial charge >= 0.3 is 0 Å². The van der Waals surface area contributed by atoms with Gasteiger partial charge in [-0.15, -0.1) is 0 Å². The van der Waals surface area contributed by atoms with E-state index in [0.717, 1.165) is 18.7 Å². The van der Waals surface area contributed by atoms with Crippen molar-refractivity contribution in [3.05, 3.63) is 34.9 Å². The van der Waals surface area contributed by atoms with Crippen LogP contribution in [0.3, 0.4) is 0 Å². The molecule has 2 nitrogen and oxygen atoms in total. The molecule has 0 spiro atoms. The lowest BCUT2D eigenvalue weighted by Gasteiger charge is -2.12. The zero-order valence-electron chi connectivity index (χ0n) is 9.37. The first kappa shape index (κ1) is 11.6. The molecular weight excluding hydrogens is 222 g/mol. The largest absolute Gasteiger partial charge is 0.316 e. The summed E-state index contributed by atoms with van der Waals surface area (Å²) in [6.45, 7) is 3.90. The molecule has 1 fully saturated rings. The fraction of sp³-hybridized carbons (Fsp3) is 0.462. The van der Waals surface area contributed by atoms with Gasteiger partial charge < -0.3 is 5.32 Å². The smallest absolute Gasteiger partial charge is 0.141 e. The predicted molar refractivity (Wildman–Crippen MR) is 65.7 cm³/mol. The lowest BCUT2D eigenvalue weighted by atomic mass is 9.90. The first-order chi connectivity index (χ1) is 7.66. The number of ketones is 1. The second-order valence-electron chi connectivity index (χ2n) is 4.52. The third kappa shape index (κ3) is 2.63. The van der Waals surface area contributed by atoms with Crippen LogP contribution in [0.5, 0.6) is 0 Å². The molecule has 86 valence electrons. The molecular formula is C13H16ClNO. The maximum absolute atomic E-state index is 12.1. The first-order valence-corrected chi connectivity index (χ1v) is 6.02. The summed E-state index contributed by atoms with van der Waals surface area (Å²) in [6.07, 6.45) is 0.497. The Balaban J connectivity index is 2.02. The van der Waals surface area contributed by atoms with Crippen LogP contribution in [-0.2, 0) is 11.2 Å². The van der Waals surface area contributed by atoms with Gasteiger partial charge in [-0.3, -0.25) is 4.79 Å². The Bertz CT molecular complexity index is 391. The maximum atomic E-state index is 12.1. The molecule has 0 aromatic heterocycles. The van der Waals surface area contributed by atoms with Gasteiger partial charge in [0.15, 0.2) is 0 Å². The summed E-state index contributed by atoms with van der Waals surface area (Å²) >= 11 is 5.89. The van der Waals surface area contributed by atoms with E-state index in [1.54, 1.807) is 0 Å². The molecule has 0 aliphatic carbocycles. The predicted octanol–water partition coefficient (Wildman–Crippen LogP) is 2.31. The van der Waals surface area contributed by atoms with Crippen molar-refractivity contribution in [1.29, 1.82) is 0 Å². The van der Waals surface area contributed by atoms with E-state index in [4.69, 9.17) is 11.6 Å². The molecule has 2 atom stereocenters. The second kappa shape index (κ2) is 4.98. The molecule has 1 aliphatic rings. The molecule has 1 aliphatic heterocycles. The quantitative estimate of drug-likeness (QED) is 0.874. The van der Waals surface area contributed by atoms with Crippen molar-refractivity contribution in [2.45, 2.75) is 13.3 Å². The highest BCUT2D eigenvalue weighted by Crippen LogP contribution is 2.20. The van der Waals surface area contributed by atoms with Gasteiger partial charge in [0.25, 0.3) is 0 Å². The Morgan fingerprint density at radius 1 is 1.50 bits per heavy atom. The van der Waals surface area contributed by atoms with Crippen LogP contribution in [0, 0.1) is 11.8 Å². The van der Waals surface area contributed by atoms with E-state index < -0.39 is 0 Å². The molecule has 1 saturated heterocycles. The van der Waals surface area contributed by atoms with Crippen LogP contribution in [0.4, 0.5) is 0 Å². The van der Waals surface area contributed by atoms with Gasteiger partial charge in [-0.25, -0.2) is 0 Å². The van der Waals surface area contributed by atoms with Crippen LogP contribution in [0.2, 0.25) is 5.02 Å². The van der Waals surface area contributed by atoms with Crippen LogP contribution in [0.1, 0.15) is 12.5 Å². The van der Waals surface area contributed by atoms with E-state index in [9.17, 15) is 4.79 Å². The third-order valence-corrected chi connectivity index (χ3v) is 3.43. The summed E-state index contributed by atoms with van der Waals surface area (Å²) in [7, 11) is 0. The van der Waals surface area contributed by atoms with Crippen molar-refractivity contribution >= 4 is 17.4 Å². The van der Waals surface area contributed by atoms with E-state index >= 15 is 0 Å². The van der Waals surface area contributed by atoms with Gasteiger partial charge in [-0.1, -0.05) is 30.7 Å². The highest BCUT2D eigenvalue weighted by Gasteiger charge is 2.28. The van der Waals surface area contributed by atoms with Gasteiger partial charge in [-0.05, 0) is 30.2 Å². The normalized spacial score (nSPS) is 24.6. The highest BCUT2D eigenvalue weighted by atomic mass is 35.5. The topological polar surface area (TPSA) is 29.1 Å². The Morgan fingerprint density at radius 3 is 2.94 bits per heavy atom. The summed E-state index contributed by atoms with van der Waals surface area (Å²) in [5.74, 6) is 0.936. The van der Waals surface area contributed by atoms with Crippen molar-refractivity contribution in [2.24, 2.45) is 11.8 Å². The number of halogens is 1. The van der Waals surface area contributed by atoms with Crippen LogP contribution in [0.15, 0.2) is 24.3 Å². The molecule has 0 saturated carbocycles. The molecule has 0 amide bonds. The number of Topliss-reactive ketones (excluding diaryl/α,β-unsaturated/α-hetero) is 1. The monoisotopic (exact) mass is 237 g/mol. The van der Waals surface area contributed by atoms with Gasteiger partial charge in [0.1, 0.15) is 5.78 Å². The third-order valence-electron chi connectivity index (χ3n) is 3.20. The molecule has 0 radical (unpaired) electrons. The maximum Gasteiger partial charge on any atom is 0.141 e. The molecule has 3 heteroatoms. The molecule has 16 heavy (non-hydrogen) atoms.